The number of hydrogen-bond donors (Lipinski definition) is 1. The highest BCUT2D eigenvalue weighted by molar-refractivity contribution is 6.32. The van der Waals surface area contributed by atoms with Crippen molar-refractivity contribution in [3.05, 3.63) is 28.8 Å². The summed E-state index contributed by atoms with van der Waals surface area (Å²) in [5.41, 5.74) is 0.664. The summed E-state index contributed by atoms with van der Waals surface area (Å²) in [4.78, 5) is 23.1. The van der Waals surface area contributed by atoms with E-state index < -0.39 is 12.1 Å². The molecule has 0 aromatic heterocycles. The van der Waals surface area contributed by atoms with Crippen LogP contribution in [0.4, 0.5) is 0 Å². The Bertz CT molecular complexity index is 614. The summed E-state index contributed by atoms with van der Waals surface area (Å²) < 4.78 is 15.4. The molecule has 6 nitrogen and oxygen atoms in total. The summed E-state index contributed by atoms with van der Waals surface area (Å²) in [6.45, 7) is 3.89. The number of hydrogen-bond acceptors (Lipinski definition) is 5. The van der Waals surface area contributed by atoms with Crippen LogP contribution >= 0.6 is 11.6 Å². The number of amides is 1. The van der Waals surface area contributed by atoms with Crippen molar-refractivity contribution in [1.29, 1.82) is 0 Å². The molecule has 0 saturated carbocycles. The topological polar surface area (TPSA) is 73.9 Å². The van der Waals surface area contributed by atoms with Gasteiger partial charge in [0.2, 0.25) is 6.79 Å². The van der Waals surface area contributed by atoms with E-state index in [2.05, 4.69) is 5.32 Å². The van der Waals surface area contributed by atoms with Crippen molar-refractivity contribution in [2.24, 2.45) is 0 Å². The van der Waals surface area contributed by atoms with Crippen LogP contribution in [0.3, 0.4) is 0 Å². The summed E-state index contributed by atoms with van der Waals surface area (Å²) in [5.74, 6) is 0.0605. The highest BCUT2D eigenvalue weighted by atomic mass is 35.5. The fourth-order valence-corrected chi connectivity index (χ4v) is 2.11. The number of ether oxygens (including phenoxy) is 3. The molecule has 0 unspecified atom stereocenters. The molecule has 0 spiro atoms. The van der Waals surface area contributed by atoms with Crippen LogP contribution < -0.4 is 14.8 Å². The smallest absolute Gasteiger partial charge is 0.331 e. The number of nitrogens with one attached hydrogen (secondary N) is 1. The molecule has 1 amide bonds. The predicted molar refractivity (Wildman–Crippen MR) is 80.8 cm³/mol. The lowest BCUT2D eigenvalue weighted by Crippen LogP contribution is -2.35. The van der Waals surface area contributed by atoms with E-state index >= 15 is 0 Å². The van der Waals surface area contributed by atoms with Gasteiger partial charge in [0.05, 0.1) is 5.02 Å². The highest BCUT2D eigenvalue weighted by Gasteiger charge is 2.18. The summed E-state index contributed by atoms with van der Waals surface area (Å²) >= 11 is 6.04. The van der Waals surface area contributed by atoms with Crippen LogP contribution in [0.2, 0.25) is 5.02 Å². The third kappa shape index (κ3) is 3.92. The maximum Gasteiger partial charge on any atom is 0.331 e. The monoisotopic (exact) mass is 325 g/mol. The number of carbonyl (C=O) groups is 2. The second kappa shape index (κ2) is 7.17. The van der Waals surface area contributed by atoms with Gasteiger partial charge in [-0.2, -0.15) is 0 Å². The lowest BCUT2D eigenvalue weighted by atomic mass is 10.2. The van der Waals surface area contributed by atoms with E-state index in [1.54, 1.807) is 19.1 Å². The Labute approximate surface area is 133 Å². The minimum absolute atomic E-state index is 0.119. The molecule has 22 heavy (non-hydrogen) atoms. The highest BCUT2D eigenvalue weighted by Crippen LogP contribution is 2.40. The Morgan fingerprint density at radius 2 is 2.23 bits per heavy atom. The van der Waals surface area contributed by atoms with Gasteiger partial charge in [0.15, 0.2) is 17.6 Å². The third-order valence-electron chi connectivity index (χ3n) is 2.87. The number of esters is 1. The zero-order valence-electron chi connectivity index (χ0n) is 12.2. The van der Waals surface area contributed by atoms with Crippen molar-refractivity contribution in [2.45, 2.75) is 20.0 Å². The summed E-state index contributed by atoms with van der Waals surface area (Å²) in [7, 11) is 0. The molecule has 2 rings (SSSR count). The average molecular weight is 326 g/mol. The van der Waals surface area contributed by atoms with Gasteiger partial charge in [-0.3, -0.25) is 4.79 Å². The van der Waals surface area contributed by atoms with Crippen molar-refractivity contribution in [3.63, 3.8) is 0 Å². The van der Waals surface area contributed by atoms with Crippen LogP contribution in [0.5, 0.6) is 11.5 Å². The molecule has 1 aromatic rings. The Morgan fingerprint density at radius 3 is 2.95 bits per heavy atom. The molecule has 1 N–H and O–H groups in total. The fraction of sp³-hybridized carbons (Fsp3) is 0.333. The quantitative estimate of drug-likeness (QED) is 0.663. The third-order valence-corrected chi connectivity index (χ3v) is 3.16. The molecule has 0 bridgehead atoms. The van der Waals surface area contributed by atoms with Crippen LogP contribution in [0.1, 0.15) is 19.4 Å². The van der Waals surface area contributed by atoms with E-state index in [0.717, 1.165) is 0 Å². The number of rotatable bonds is 5. The first-order chi connectivity index (χ1) is 10.5. The minimum Gasteiger partial charge on any atom is -0.454 e. The van der Waals surface area contributed by atoms with Crippen LogP contribution in [-0.4, -0.2) is 31.3 Å². The molecular weight excluding hydrogens is 310 g/mol. The molecule has 7 heteroatoms. The van der Waals surface area contributed by atoms with Crippen molar-refractivity contribution >= 4 is 29.6 Å². The van der Waals surface area contributed by atoms with Gasteiger partial charge < -0.3 is 19.5 Å². The number of carbonyl (C=O) groups excluding carboxylic acids is 2. The maximum absolute atomic E-state index is 11.7. The number of fused-ring (bicyclic) bond motifs is 1. The second-order valence-corrected chi connectivity index (χ2v) is 4.95. The first kappa shape index (κ1) is 16.2. The van der Waals surface area contributed by atoms with Gasteiger partial charge >= 0.3 is 5.97 Å². The van der Waals surface area contributed by atoms with Gasteiger partial charge in [-0.15, -0.1) is 0 Å². The Kier molecular flexibility index (Phi) is 5.27. The molecule has 0 aliphatic carbocycles. The molecule has 0 radical (unpaired) electrons. The second-order valence-electron chi connectivity index (χ2n) is 4.54. The van der Waals surface area contributed by atoms with Crippen molar-refractivity contribution in [1.82, 2.24) is 5.32 Å². The fourth-order valence-electron chi connectivity index (χ4n) is 1.83. The van der Waals surface area contributed by atoms with E-state index in [9.17, 15) is 9.59 Å². The lowest BCUT2D eigenvalue weighted by molar-refractivity contribution is -0.150. The Morgan fingerprint density at radius 1 is 1.45 bits per heavy atom. The number of benzene rings is 1. The minimum atomic E-state index is -0.850. The molecule has 1 aromatic carbocycles. The van der Waals surface area contributed by atoms with Crippen LogP contribution in [0, 0.1) is 0 Å². The SMILES string of the molecule is CCNC(=O)[C@H](C)OC(=O)/C=C/c1cc(Cl)c2c(c1)OCO2. The average Bonchev–Trinajstić information content (AvgIpc) is 2.94. The zero-order valence-corrected chi connectivity index (χ0v) is 13.0. The molecular formula is C15H16ClNO5. The van der Waals surface area contributed by atoms with Gasteiger partial charge in [-0.1, -0.05) is 11.6 Å². The van der Waals surface area contributed by atoms with E-state index in [4.69, 9.17) is 25.8 Å². The van der Waals surface area contributed by atoms with Gasteiger partial charge in [0.1, 0.15) is 0 Å². The van der Waals surface area contributed by atoms with Gasteiger partial charge in [-0.25, -0.2) is 4.79 Å². The van der Waals surface area contributed by atoms with E-state index in [-0.39, 0.29) is 12.7 Å². The van der Waals surface area contributed by atoms with Crippen LogP contribution in [0.15, 0.2) is 18.2 Å². The van der Waals surface area contributed by atoms with Crippen LogP contribution in [0.25, 0.3) is 6.08 Å². The first-order valence-electron chi connectivity index (χ1n) is 6.76. The summed E-state index contributed by atoms with van der Waals surface area (Å²) in [5, 5.41) is 2.97. The van der Waals surface area contributed by atoms with Gasteiger partial charge in [-0.05, 0) is 37.6 Å². The normalized spacial score (nSPS) is 14.0. The Balaban J connectivity index is 1.98. The van der Waals surface area contributed by atoms with E-state index in [0.29, 0.717) is 28.6 Å². The largest absolute Gasteiger partial charge is 0.454 e. The molecule has 118 valence electrons. The summed E-state index contributed by atoms with van der Waals surface area (Å²) in [6, 6.07) is 3.34. The van der Waals surface area contributed by atoms with Crippen molar-refractivity contribution < 1.29 is 23.8 Å². The number of likely N-dealkylation sites (N-methyl/N-ethyl adjacent to an activating group) is 1. The van der Waals surface area contributed by atoms with Gasteiger partial charge in [0, 0.05) is 12.6 Å². The first-order valence-corrected chi connectivity index (χ1v) is 7.14. The van der Waals surface area contributed by atoms with Crippen molar-refractivity contribution in [3.8, 4) is 11.5 Å². The molecule has 0 fully saturated rings. The van der Waals surface area contributed by atoms with E-state index in [1.807, 2.05) is 0 Å². The predicted octanol–water partition coefficient (Wildman–Crippen LogP) is 2.15. The molecule has 1 aliphatic heterocycles. The number of halogens is 1. The molecule has 0 saturated heterocycles. The molecule has 1 heterocycles. The summed E-state index contributed by atoms with van der Waals surface area (Å²) in [6.07, 6.45) is 1.90. The standard InChI is InChI=1S/C15H16ClNO5/c1-3-17-15(19)9(2)22-13(18)5-4-10-6-11(16)14-12(7-10)20-8-21-14/h4-7,9H,3,8H2,1-2H3,(H,17,19)/b5-4+/t9-/m0/s1. The molecule has 1 atom stereocenters. The van der Waals surface area contributed by atoms with Gasteiger partial charge in [0.25, 0.3) is 5.91 Å². The Hall–Kier alpha value is -2.21. The lowest BCUT2D eigenvalue weighted by Gasteiger charge is -2.10. The molecule has 1 aliphatic rings. The zero-order chi connectivity index (χ0) is 16.1. The maximum atomic E-state index is 11.7. The van der Waals surface area contributed by atoms with Crippen molar-refractivity contribution in [2.75, 3.05) is 13.3 Å². The van der Waals surface area contributed by atoms with E-state index in [1.165, 1.54) is 19.1 Å². The van der Waals surface area contributed by atoms with Crippen LogP contribution in [-0.2, 0) is 14.3 Å².